The van der Waals surface area contributed by atoms with Crippen LogP contribution in [0.5, 0.6) is 0 Å². The van der Waals surface area contributed by atoms with Gasteiger partial charge in [0.05, 0.1) is 0 Å². The molecule has 3 aliphatic carbocycles. The molecular formula is C15H19N5. The summed E-state index contributed by atoms with van der Waals surface area (Å²) in [5.74, 6) is 5.60. The van der Waals surface area contributed by atoms with E-state index in [1.807, 2.05) is 11.4 Å². The molecule has 2 aromatic heterocycles. The minimum Gasteiger partial charge on any atom is -0.366 e. The second-order valence-corrected chi connectivity index (χ2v) is 6.80. The molecule has 20 heavy (non-hydrogen) atoms. The lowest BCUT2D eigenvalue weighted by atomic mass is 10.0. The number of hydrogen-bond donors (Lipinski definition) is 1. The minimum atomic E-state index is 0.661. The Hall–Kier alpha value is -1.65. The lowest BCUT2D eigenvalue weighted by Gasteiger charge is -2.15. The van der Waals surface area contributed by atoms with Crippen LogP contribution in [0.4, 0.5) is 5.82 Å². The molecule has 104 valence electrons. The van der Waals surface area contributed by atoms with Gasteiger partial charge >= 0.3 is 0 Å². The van der Waals surface area contributed by atoms with Gasteiger partial charge in [-0.05, 0) is 56.8 Å². The number of aromatic nitrogens is 4. The SMILES string of the molecule is Cc1nc2ncnn2c(NC2C3C4CCC(C4)C23)c1C. The molecule has 3 fully saturated rings. The molecule has 5 nitrogen and oxygen atoms in total. The van der Waals surface area contributed by atoms with Gasteiger partial charge in [0.2, 0.25) is 0 Å². The van der Waals surface area contributed by atoms with Crippen molar-refractivity contribution >= 4 is 11.6 Å². The number of fused-ring (bicyclic) bond motifs is 6. The van der Waals surface area contributed by atoms with Crippen molar-refractivity contribution in [2.24, 2.45) is 23.7 Å². The number of hydrogen-bond acceptors (Lipinski definition) is 4. The number of aryl methyl sites for hydroxylation is 1. The molecule has 4 atom stereocenters. The van der Waals surface area contributed by atoms with Crippen LogP contribution >= 0.6 is 0 Å². The molecule has 3 aliphatic rings. The van der Waals surface area contributed by atoms with Crippen LogP contribution in [0.25, 0.3) is 5.78 Å². The maximum atomic E-state index is 4.49. The van der Waals surface area contributed by atoms with E-state index in [1.54, 1.807) is 6.33 Å². The number of anilines is 1. The van der Waals surface area contributed by atoms with Crippen LogP contribution in [0.1, 0.15) is 30.5 Å². The molecule has 3 saturated carbocycles. The van der Waals surface area contributed by atoms with Gasteiger partial charge < -0.3 is 5.32 Å². The van der Waals surface area contributed by atoms with Gasteiger partial charge in [-0.15, -0.1) is 0 Å². The lowest BCUT2D eigenvalue weighted by Crippen LogP contribution is -2.17. The van der Waals surface area contributed by atoms with Crippen molar-refractivity contribution in [2.75, 3.05) is 5.32 Å². The molecule has 2 bridgehead atoms. The molecule has 0 amide bonds. The lowest BCUT2D eigenvalue weighted by molar-refractivity contribution is 0.456. The van der Waals surface area contributed by atoms with Crippen LogP contribution in [0, 0.1) is 37.5 Å². The fraction of sp³-hybridized carbons (Fsp3) is 0.667. The van der Waals surface area contributed by atoms with E-state index < -0.39 is 0 Å². The molecule has 1 N–H and O–H groups in total. The monoisotopic (exact) mass is 269 g/mol. The number of rotatable bonds is 2. The quantitative estimate of drug-likeness (QED) is 0.908. The van der Waals surface area contributed by atoms with Crippen LogP contribution in [-0.4, -0.2) is 25.6 Å². The average Bonchev–Trinajstić information content (AvgIpc) is 2.87. The maximum Gasteiger partial charge on any atom is 0.254 e. The van der Waals surface area contributed by atoms with Gasteiger partial charge in [0.15, 0.2) is 0 Å². The predicted molar refractivity (Wildman–Crippen MR) is 75.5 cm³/mol. The van der Waals surface area contributed by atoms with Crippen molar-refractivity contribution in [1.82, 2.24) is 19.6 Å². The first-order valence-corrected chi connectivity index (χ1v) is 7.67. The zero-order valence-electron chi connectivity index (χ0n) is 11.9. The Labute approximate surface area is 117 Å². The summed E-state index contributed by atoms with van der Waals surface area (Å²) in [6.45, 7) is 4.17. The summed E-state index contributed by atoms with van der Waals surface area (Å²) in [4.78, 5) is 8.71. The Balaban J connectivity index is 1.53. The summed E-state index contributed by atoms with van der Waals surface area (Å²) in [5.41, 5.74) is 2.24. The third kappa shape index (κ3) is 1.26. The van der Waals surface area contributed by atoms with Crippen molar-refractivity contribution in [2.45, 2.75) is 39.2 Å². The second-order valence-electron chi connectivity index (χ2n) is 6.80. The van der Waals surface area contributed by atoms with Crippen LogP contribution in [0.3, 0.4) is 0 Å². The van der Waals surface area contributed by atoms with Gasteiger partial charge in [0.25, 0.3) is 5.78 Å². The highest BCUT2D eigenvalue weighted by atomic mass is 15.4. The molecule has 0 saturated heterocycles. The Morgan fingerprint density at radius 2 is 1.95 bits per heavy atom. The van der Waals surface area contributed by atoms with E-state index in [4.69, 9.17) is 0 Å². The zero-order chi connectivity index (χ0) is 13.4. The zero-order valence-corrected chi connectivity index (χ0v) is 11.9. The Morgan fingerprint density at radius 3 is 2.70 bits per heavy atom. The van der Waals surface area contributed by atoms with Gasteiger partial charge in [0.1, 0.15) is 12.1 Å². The Morgan fingerprint density at radius 1 is 1.20 bits per heavy atom. The largest absolute Gasteiger partial charge is 0.366 e. The molecule has 4 unspecified atom stereocenters. The average molecular weight is 269 g/mol. The summed E-state index contributed by atoms with van der Waals surface area (Å²) in [5, 5.41) is 8.11. The minimum absolute atomic E-state index is 0.661. The van der Waals surface area contributed by atoms with Crippen molar-refractivity contribution < 1.29 is 0 Å². The second kappa shape index (κ2) is 3.51. The van der Waals surface area contributed by atoms with Gasteiger partial charge in [0, 0.05) is 17.3 Å². The van der Waals surface area contributed by atoms with E-state index in [0.29, 0.717) is 11.8 Å². The Bertz CT molecular complexity index is 690. The van der Waals surface area contributed by atoms with Crippen molar-refractivity contribution in [3.8, 4) is 0 Å². The molecule has 0 spiro atoms. The van der Waals surface area contributed by atoms with E-state index in [-0.39, 0.29) is 0 Å². The summed E-state index contributed by atoms with van der Waals surface area (Å²) in [7, 11) is 0. The Kier molecular flexibility index (Phi) is 1.94. The molecule has 5 rings (SSSR count). The highest BCUT2D eigenvalue weighted by Crippen LogP contribution is 2.66. The molecule has 2 heterocycles. The van der Waals surface area contributed by atoms with Crippen molar-refractivity contribution in [3.05, 3.63) is 17.6 Å². The smallest absolute Gasteiger partial charge is 0.254 e. The summed E-state index contributed by atoms with van der Waals surface area (Å²) in [6.07, 6.45) is 5.98. The van der Waals surface area contributed by atoms with Gasteiger partial charge in [-0.1, -0.05) is 0 Å². The van der Waals surface area contributed by atoms with Crippen LogP contribution in [0.15, 0.2) is 6.33 Å². The number of nitrogens with zero attached hydrogens (tertiary/aromatic N) is 4. The van der Waals surface area contributed by atoms with Gasteiger partial charge in [-0.25, -0.2) is 4.98 Å². The third-order valence-corrected chi connectivity index (χ3v) is 5.95. The third-order valence-electron chi connectivity index (χ3n) is 5.95. The van der Waals surface area contributed by atoms with Crippen LogP contribution < -0.4 is 5.32 Å². The molecule has 5 heteroatoms. The normalized spacial score (nSPS) is 37.4. The van der Waals surface area contributed by atoms with Gasteiger partial charge in [-0.3, -0.25) is 0 Å². The van der Waals surface area contributed by atoms with E-state index in [1.165, 1.54) is 24.8 Å². The highest BCUT2D eigenvalue weighted by Gasteiger charge is 2.65. The first-order valence-electron chi connectivity index (χ1n) is 7.67. The topological polar surface area (TPSA) is 55.1 Å². The first-order chi connectivity index (χ1) is 9.74. The fourth-order valence-corrected chi connectivity index (χ4v) is 4.88. The number of nitrogens with one attached hydrogen (secondary N) is 1. The summed E-state index contributed by atoms with van der Waals surface area (Å²) < 4.78 is 1.86. The molecule has 0 aliphatic heterocycles. The maximum absolute atomic E-state index is 4.49. The predicted octanol–water partition coefficient (Wildman–Crippen LogP) is 2.20. The first kappa shape index (κ1) is 11.1. The molecular weight excluding hydrogens is 250 g/mol. The van der Waals surface area contributed by atoms with Crippen LogP contribution in [-0.2, 0) is 0 Å². The highest BCUT2D eigenvalue weighted by molar-refractivity contribution is 5.54. The van der Waals surface area contributed by atoms with E-state index >= 15 is 0 Å². The summed E-state index contributed by atoms with van der Waals surface area (Å²) >= 11 is 0. The van der Waals surface area contributed by atoms with Gasteiger partial charge in [-0.2, -0.15) is 14.6 Å². The van der Waals surface area contributed by atoms with Crippen molar-refractivity contribution in [1.29, 1.82) is 0 Å². The molecule has 0 aromatic carbocycles. The summed E-state index contributed by atoms with van der Waals surface area (Å²) in [6, 6.07) is 0.661. The van der Waals surface area contributed by atoms with E-state index in [0.717, 1.165) is 35.2 Å². The van der Waals surface area contributed by atoms with E-state index in [9.17, 15) is 0 Å². The molecule has 0 radical (unpaired) electrons. The van der Waals surface area contributed by atoms with Crippen LogP contribution in [0.2, 0.25) is 0 Å². The fourth-order valence-electron chi connectivity index (χ4n) is 4.88. The van der Waals surface area contributed by atoms with E-state index in [2.05, 4.69) is 27.3 Å². The molecule has 2 aromatic rings. The van der Waals surface area contributed by atoms with Crippen molar-refractivity contribution in [3.63, 3.8) is 0 Å². The standard InChI is InChI=1S/C15H19N5/c1-7-8(2)18-15-16-6-17-20(15)14(7)19-13-11-9-3-4-10(5-9)12(11)13/h6,9-13,19H,3-5H2,1-2H3.